The fraction of sp³-hybridized carbons (Fsp3) is 0.429. The Balaban J connectivity index is 0.00000147. The summed E-state index contributed by atoms with van der Waals surface area (Å²) in [6.45, 7) is 2.20. The molecule has 0 aliphatic carbocycles. The van der Waals surface area contributed by atoms with E-state index in [4.69, 9.17) is 0 Å². The van der Waals surface area contributed by atoms with E-state index in [2.05, 4.69) is 16.9 Å². The van der Waals surface area contributed by atoms with Gasteiger partial charge in [0.15, 0.2) is 0 Å². The van der Waals surface area contributed by atoms with E-state index >= 15 is 0 Å². The molecule has 0 spiro atoms. The number of carboxylic acids is 1. The summed E-state index contributed by atoms with van der Waals surface area (Å²) in [4.78, 5) is 17.8. The van der Waals surface area contributed by atoms with E-state index in [9.17, 15) is 9.90 Å². The summed E-state index contributed by atoms with van der Waals surface area (Å²) in [5.74, 6) is -0.615. The molecule has 0 radical (unpaired) electrons. The summed E-state index contributed by atoms with van der Waals surface area (Å²) in [6.07, 6.45) is 2.26. The number of carboxylic acid groups (broad SMARTS) is 1. The van der Waals surface area contributed by atoms with E-state index in [1.165, 1.54) is 0 Å². The van der Waals surface area contributed by atoms with E-state index in [0.717, 1.165) is 41.2 Å². The maximum atomic E-state index is 10.9. The summed E-state index contributed by atoms with van der Waals surface area (Å²) in [7, 11) is 2.14. The Labute approximate surface area is 134 Å². The predicted molar refractivity (Wildman–Crippen MR) is 73.4 cm³/mol. The molecular formula is C14H15LiN2O2S. The van der Waals surface area contributed by atoms with Crippen molar-refractivity contribution in [3.05, 3.63) is 28.8 Å². The fourth-order valence-corrected chi connectivity index (χ4v) is 3.68. The number of carbonyl (C=O) groups is 1. The first kappa shape index (κ1) is 15.5. The Bertz CT molecular complexity index is 621. The Morgan fingerprint density at radius 3 is 2.75 bits per heavy atom. The maximum Gasteiger partial charge on any atom is 1.00 e. The van der Waals surface area contributed by atoms with Crippen molar-refractivity contribution in [1.82, 2.24) is 9.88 Å². The standard InChI is InChI=1S/C14H16N2O2S.Li/c1-16-6-4-9(5-7-16)13-15-11-3-2-10(14(17)18)8-12(11)19-13;/h2-3,8-9H,4-7H2,1H3,(H,17,18);/q;+1/p-1. The second-order valence-corrected chi connectivity index (χ2v) is 6.16. The molecule has 4 nitrogen and oxygen atoms in total. The van der Waals surface area contributed by atoms with Crippen molar-refractivity contribution in [3.63, 3.8) is 0 Å². The smallest absolute Gasteiger partial charge is 0.545 e. The molecule has 0 atom stereocenters. The second-order valence-electron chi connectivity index (χ2n) is 5.10. The van der Waals surface area contributed by atoms with E-state index in [-0.39, 0.29) is 24.4 Å². The van der Waals surface area contributed by atoms with Crippen LogP contribution in [0.25, 0.3) is 10.2 Å². The van der Waals surface area contributed by atoms with E-state index < -0.39 is 5.97 Å². The zero-order valence-electron chi connectivity index (χ0n) is 11.8. The van der Waals surface area contributed by atoms with Crippen molar-refractivity contribution in [2.24, 2.45) is 0 Å². The minimum Gasteiger partial charge on any atom is -0.545 e. The van der Waals surface area contributed by atoms with Gasteiger partial charge in [-0.05, 0) is 50.7 Å². The van der Waals surface area contributed by atoms with Gasteiger partial charge in [0.2, 0.25) is 0 Å². The van der Waals surface area contributed by atoms with Gasteiger partial charge in [0.25, 0.3) is 0 Å². The summed E-state index contributed by atoms with van der Waals surface area (Å²) in [5, 5.41) is 12.0. The number of likely N-dealkylation sites (tertiary alicyclic amines) is 1. The third-order valence-electron chi connectivity index (χ3n) is 3.71. The van der Waals surface area contributed by atoms with Gasteiger partial charge in [-0.2, -0.15) is 0 Å². The molecule has 1 aliphatic heterocycles. The molecule has 0 bridgehead atoms. The maximum absolute atomic E-state index is 10.9. The molecule has 1 fully saturated rings. The zero-order valence-corrected chi connectivity index (χ0v) is 12.6. The van der Waals surface area contributed by atoms with Gasteiger partial charge >= 0.3 is 18.9 Å². The van der Waals surface area contributed by atoms with Gasteiger partial charge in [0, 0.05) is 5.92 Å². The molecule has 1 saturated heterocycles. The Morgan fingerprint density at radius 1 is 1.40 bits per heavy atom. The predicted octanol–water partition coefficient (Wildman–Crippen LogP) is -1.53. The van der Waals surface area contributed by atoms with Crippen molar-refractivity contribution in [2.75, 3.05) is 20.1 Å². The SMILES string of the molecule is CN1CCC(c2nc3ccc(C(=O)[O-])cc3s2)CC1.[Li+]. The Morgan fingerprint density at radius 2 is 2.10 bits per heavy atom. The van der Waals surface area contributed by atoms with Gasteiger partial charge in [-0.3, -0.25) is 0 Å². The van der Waals surface area contributed by atoms with Gasteiger partial charge < -0.3 is 14.8 Å². The third-order valence-corrected chi connectivity index (χ3v) is 4.89. The molecule has 1 aliphatic rings. The monoisotopic (exact) mass is 282 g/mol. The summed E-state index contributed by atoms with van der Waals surface area (Å²) in [5.41, 5.74) is 1.12. The molecule has 0 amide bonds. The Hall–Kier alpha value is -0.863. The number of hydrogen-bond acceptors (Lipinski definition) is 5. The van der Waals surface area contributed by atoms with E-state index in [1.54, 1.807) is 29.5 Å². The largest absolute Gasteiger partial charge is 1.00 e. The molecule has 1 aromatic heterocycles. The summed E-state index contributed by atoms with van der Waals surface area (Å²) < 4.78 is 0.940. The van der Waals surface area contributed by atoms with Crippen molar-refractivity contribution in [1.29, 1.82) is 0 Å². The van der Waals surface area contributed by atoms with Crippen LogP contribution < -0.4 is 24.0 Å². The van der Waals surface area contributed by atoms with Crippen LogP contribution in [0.2, 0.25) is 0 Å². The van der Waals surface area contributed by atoms with Gasteiger partial charge in [0.05, 0.1) is 21.2 Å². The average Bonchev–Trinajstić information content (AvgIpc) is 2.82. The quantitative estimate of drug-likeness (QED) is 0.627. The number of carbonyl (C=O) groups excluding carboxylic acids is 1. The molecule has 20 heavy (non-hydrogen) atoms. The number of rotatable bonds is 2. The van der Waals surface area contributed by atoms with Gasteiger partial charge in [-0.15, -0.1) is 11.3 Å². The number of thiazole rings is 1. The van der Waals surface area contributed by atoms with Crippen molar-refractivity contribution in [3.8, 4) is 0 Å². The third kappa shape index (κ3) is 3.07. The molecule has 6 heteroatoms. The van der Waals surface area contributed by atoms with Crippen LogP contribution in [0.5, 0.6) is 0 Å². The molecule has 3 rings (SSSR count). The van der Waals surface area contributed by atoms with Gasteiger partial charge in [0.1, 0.15) is 0 Å². The molecule has 0 saturated carbocycles. The first-order chi connectivity index (χ1) is 9.13. The van der Waals surface area contributed by atoms with Crippen LogP contribution in [0.15, 0.2) is 18.2 Å². The number of piperidine rings is 1. The number of aromatic carboxylic acids is 1. The first-order valence-electron chi connectivity index (χ1n) is 6.44. The minimum absolute atomic E-state index is 0. The number of fused-ring (bicyclic) bond motifs is 1. The van der Waals surface area contributed by atoms with Gasteiger partial charge in [-0.1, -0.05) is 6.07 Å². The molecule has 1 aromatic carbocycles. The van der Waals surface area contributed by atoms with Crippen LogP contribution in [0.4, 0.5) is 0 Å². The van der Waals surface area contributed by atoms with Crippen molar-refractivity contribution in [2.45, 2.75) is 18.8 Å². The number of nitrogens with zero attached hydrogens (tertiary/aromatic N) is 2. The normalized spacial score (nSPS) is 17.1. The van der Waals surface area contributed by atoms with Crippen LogP contribution >= 0.6 is 11.3 Å². The van der Waals surface area contributed by atoms with E-state index in [1.807, 2.05) is 0 Å². The number of hydrogen-bond donors (Lipinski definition) is 0. The number of aromatic nitrogens is 1. The molecule has 2 aromatic rings. The van der Waals surface area contributed by atoms with Crippen LogP contribution in [-0.4, -0.2) is 36.0 Å². The van der Waals surface area contributed by atoms with Crippen LogP contribution in [-0.2, 0) is 0 Å². The van der Waals surface area contributed by atoms with Crippen molar-refractivity contribution < 1.29 is 28.8 Å². The number of benzene rings is 1. The average molecular weight is 282 g/mol. The van der Waals surface area contributed by atoms with Crippen LogP contribution in [0.3, 0.4) is 0 Å². The Kier molecular flexibility index (Phi) is 4.87. The summed E-state index contributed by atoms with van der Waals surface area (Å²) in [6, 6.07) is 5.01. The van der Waals surface area contributed by atoms with Crippen molar-refractivity contribution >= 4 is 27.5 Å². The topological polar surface area (TPSA) is 56.3 Å². The second kappa shape index (κ2) is 6.27. The van der Waals surface area contributed by atoms with Gasteiger partial charge in [-0.25, -0.2) is 4.98 Å². The molecular weight excluding hydrogens is 267 g/mol. The minimum atomic E-state index is -1.13. The van der Waals surface area contributed by atoms with E-state index in [0.29, 0.717) is 5.92 Å². The molecule has 0 N–H and O–H groups in total. The first-order valence-corrected chi connectivity index (χ1v) is 7.25. The molecule has 0 unspecified atom stereocenters. The summed E-state index contributed by atoms with van der Waals surface area (Å²) >= 11 is 1.62. The van der Waals surface area contributed by atoms with Crippen LogP contribution in [0, 0.1) is 0 Å². The molecule has 100 valence electrons. The molecule has 2 heterocycles. The zero-order chi connectivity index (χ0) is 13.4. The van der Waals surface area contributed by atoms with Crippen LogP contribution in [0.1, 0.15) is 34.1 Å². The fourth-order valence-electron chi connectivity index (χ4n) is 2.50.